The molecule has 1 N–H and O–H groups in total. The van der Waals surface area contributed by atoms with E-state index in [4.69, 9.17) is 0 Å². The summed E-state index contributed by atoms with van der Waals surface area (Å²) in [6, 6.07) is 1.24. The van der Waals surface area contributed by atoms with E-state index >= 15 is 0 Å². The van der Waals surface area contributed by atoms with Gasteiger partial charge in [-0.15, -0.1) is 0 Å². The summed E-state index contributed by atoms with van der Waals surface area (Å²) in [5.74, 6) is 1.41. The molecule has 3 unspecified atom stereocenters. The molecule has 4 nitrogen and oxygen atoms in total. The van der Waals surface area contributed by atoms with Crippen LogP contribution in [0.3, 0.4) is 0 Å². The molecule has 1 aliphatic heterocycles. The van der Waals surface area contributed by atoms with E-state index in [1.165, 1.54) is 12.0 Å². The van der Waals surface area contributed by atoms with E-state index < -0.39 is 0 Å². The van der Waals surface area contributed by atoms with Gasteiger partial charge in [-0.3, -0.25) is 9.58 Å². The van der Waals surface area contributed by atoms with Gasteiger partial charge in [0, 0.05) is 50.5 Å². The second-order valence-electron chi connectivity index (χ2n) is 6.66. The Labute approximate surface area is 123 Å². The lowest BCUT2D eigenvalue weighted by Gasteiger charge is -2.44. The number of rotatable bonds is 5. The van der Waals surface area contributed by atoms with Crippen molar-refractivity contribution in [2.75, 3.05) is 13.1 Å². The molecule has 0 saturated carbocycles. The van der Waals surface area contributed by atoms with Gasteiger partial charge in [-0.25, -0.2) is 0 Å². The van der Waals surface area contributed by atoms with Crippen molar-refractivity contribution in [1.82, 2.24) is 20.0 Å². The Morgan fingerprint density at radius 2 is 2.15 bits per heavy atom. The van der Waals surface area contributed by atoms with Gasteiger partial charge in [-0.1, -0.05) is 34.1 Å². The molecule has 1 saturated heterocycles. The zero-order valence-electron chi connectivity index (χ0n) is 13.6. The minimum Gasteiger partial charge on any atom is -0.311 e. The number of nitrogens with one attached hydrogen (secondary N) is 1. The fourth-order valence-electron chi connectivity index (χ4n) is 3.10. The summed E-state index contributed by atoms with van der Waals surface area (Å²) in [6.07, 6.45) is 5.38. The predicted molar refractivity (Wildman–Crippen MR) is 83.5 cm³/mol. The Hall–Kier alpha value is -0.870. The molecule has 20 heavy (non-hydrogen) atoms. The summed E-state index contributed by atoms with van der Waals surface area (Å²) >= 11 is 0. The molecule has 1 aromatic heterocycles. The maximum absolute atomic E-state index is 4.30. The third-order valence-electron chi connectivity index (χ3n) is 4.74. The monoisotopic (exact) mass is 278 g/mol. The molecule has 4 heteroatoms. The van der Waals surface area contributed by atoms with Gasteiger partial charge in [0.15, 0.2) is 0 Å². The van der Waals surface area contributed by atoms with Crippen molar-refractivity contribution in [3.63, 3.8) is 0 Å². The maximum Gasteiger partial charge on any atom is 0.0534 e. The van der Waals surface area contributed by atoms with Crippen LogP contribution < -0.4 is 5.32 Å². The fraction of sp³-hybridized carbons (Fsp3) is 0.812. The van der Waals surface area contributed by atoms with E-state index in [1.54, 1.807) is 0 Å². The molecule has 0 bridgehead atoms. The average molecular weight is 278 g/mol. The van der Waals surface area contributed by atoms with Crippen LogP contribution in [0.25, 0.3) is 0 Å². The van der Waals surface area contributed by atoms with Crippen LogP contribution in [0.1, 0.15) is 39.7 Å². The normalized spacial score (nSPS) is 26.1. The van der Waals surface area contributed by atoms with Crippen molar-refractivity contribution in [1.29, 1.82) is 0 Å². The molecule has 0 amide bonds. The number of aryl methyl sites for hydroxylation is 1. The van der Waals surface area contributed by atoms with Crippen molar-refractivity contribution in [3.05, 3.63) is 18.0 Å². The molecule has 1 aromatic rings. The molecular formula is C16H30N4. The number of aromatic nitrogens is 2. The standard InChI is InChI=1S/C16H30N4/c1-6-13(4)16-8-17-15(12(2)3)11-20(16)10-14-7-18-19(5)9-14/h7,9,12-13,15-17H,6,8,10-11H2,1-5H3. The zero-order chi connectivity index (χ0) is 14.7. The molecular weight excluding hydrogens is 248 g/mol. The van der Waals surface area contributed by atoms with E-state index in [9.17, 15) is 0 Å². The Bertz CT molecular complexity index is 412. The van der Waals surface area contributed by atoms with E-state index in [1.807, 2.05) is 17.9 Å². The van der Waals surface area contributed by atoms with Gasteiger partial charge in [0.2, 0.25) is 0 Å². The first-order valence-corrected chi connectivity index (χ1v) is 7.96. The van der Waals surface area contributed by atoms with Gasteiger partial charge >= 0.3 is 0 Å². The van der Waals surface area contributed by atoms with Crippen LogP contribution in [0.2, 0.25) is 0 Å². The van der Waals surface area contributed by atoms with Crippen LogP contribution in [0.15, 0.2) is 12.4 Å². The van der Waals surface area contributed by atoms with Gasteiger partial charge in [-0.2, -0.15) is 5.10 Å². The first-order valence-electron chi connectivity index (χ1n) is 7.96. The molecule has 0 aromatic carbocycles. The third-order valence-corrected chi connectivity index (χ3v) is 4.74. The molecule has 1 aliphatic rings. The first-order chi connectivity index (χ1) is 9.51. The lowest BCUT2D eigenvalue weighted by molar-refractivity contribution is 0.0722. The molecule has 0 spiro atoms. The van der Waals surface area contributed by atoms with Crippen molar-refractivity contribution >= 4 is 0 Å². The number of hydrogen-bond donors (Lipinski definition) is 1. The van der Waals surface area contributed by atoms with Gasteiger partial charge in [-0.05, 0) is 11.8 Å². The highest BCUT2D eigenvalue weighted by Gasteiger charge is 2.31. The van der Waals surface area contributed by atoms with Crippen LogP contribution in [-0.2, 0) is 13.6 Å². The van der Waals surface area contributed by atoms with Crippen LogP contribution in [0, 0.1) is 11.8 Å². The highest BCUT2D eigenvalue weighted by atomic mass is 15.3. The molecule has 0 aliphatic carbocycles. The second-order valence-corrected chi connectivity index (χ2v) is 6.66. The quantitative estimate of drug-likeness (QED) is 0.897. The lowest BCUT2D eigenvalue weighted by atomic mass is 9.91. The summed E-state index contributed by atoms with van der Waals surface area (Å²) in [7, 11) is 1.99. The van der Waals surface area contributed by atoms with Crippen molar-refractivity contribution in [3.8, 4) is 0 Å². The predicted octanol–water partition coefficient (Wildman–Crippen LogP) is 2.26. The minimum absolute atomic E-state index is 0.604. The first kappa shape index (κ1) is 15.5. The minimum atomic E-state index is 0.604. The molecule has 2 heterocycles. The largest absolute Gasteiger partial charge is 0.311 e. The fourth-order valence-corrected chi connectivity index (χ4v) is 3.10. The molecule has 3 atom stereocenters. The summed E-state index contributed by atoms with van der Waals surface area (Å²) in [5, 5.41) is 8.04. The Kier molecular flexibility index (Phi) is 5.22. The third kappa shape index (κ3) is 3.61. The van der Waals surface area contributed by atoms with Crippen molar-refractivity contribution in [2.45, 2.75) is 52.7 Å². The van der Waals surface area contributed by atoms with Gasteiger partial charge in [0.1, 0.15) is 0 Å². The molecule has 0 radical (unpaired) electrons. The van der Waals surface area contributed by atoms with Gasteiger partial charge in [0.05, 0.1) is 6.20 Å². The summed E-state index contributed by atoms with van der Waals surface area (Å²) < 4.78 is 1.90. The number of piperazine rings is 1. The van der Waals surface area contributed by atoms with Crippen molar-refractivity contribution < 1.29 is 0 Å². The highest BCUT2D eigenvalue weighted by molar-refractivity contribution is 5.05. The summed E-state index contributed by atoms with van der Waals surface area (Å²) in [4.78, 5) is 2.66. The topological polar surface area (TPSA) is 33.1 Å². The second kappa shape index (κ2) is 6.72. The van der Waals surface area contributed by atoms with Crippen LogP contribution in [0.4, 0.5) is 0 Å². The van der Waals surface area contributed by atoms with Gasteiger partial charge in [0.25, 0.3) is 0 Å². The number of nitrogens with zero attached hydrogens (tertiary/aromatic N) is 3. The smallest absolute Gasteiger partial charge is 0.0534 e. The van der Waals surface area contributed by atoms with Crippen LogP contribution >= 0.6 is 0 Å². The zero-order valence-corrected chi connectivity index (χ0v) is 13.6. The Morgan fingerprint density at radius 3 is 2.70 bits per heavy atom. The molecule has 2 rings (SSSR count). The van der Waals surface area contributed by atoms with E-state index in [0.717, 1.165) is 25.6 Å². The van der Waals surface area contributed by atoms with E-state index in [0.29, 0.717) is 18.0 Å². The molecule has 1 fully saturated rings. The maximum atomic E-state index is 4.30. The lowest BCUT2D eigenvalue weighted by Crippen LogP contribution is -2.59. The molecule has 114 valence electrons. The van der Waals surface area contributed by atoms with Crippen LogP contribution in [0.5, 0.6) is 0 Å². The Morgan fingerprint density at radius 1 is 1.40 bits per heavy atom. The average Bonchev–Trinajstić information content (AvgIpc) is 2.83. The SMILES string of the molecule is CCC(C)C1CNC(C(C)C)CN1Cc1cnn(C)c1. The highest BCUT2D eigenvalue weighted by Crippen LogP contribution is 2.22. The van der Waals surface area contributed by atoms with E-state index in [-0.39, 0.29) is 0 Å². The summed E-state index contributed by atoms with van der Waals surface area (Å²) in [5.41, 5.74) is 1.32. The number of hydrogen-bond acceptors (Lipinski definition) is 3. The Balaban J connectivity index is 2.08. The van der Waals surface area contributed by atoms with Gasteiger partial charge < -0.3 is 5.32 Å². The van der Waals surface area contributed by atoms with E-state index in [2.05, 4.69) is 49.2 Å². The summed E-state index contributed by atoms with van der Waals surface area (Å²) in [6.45, 7) is 12.6. The van der Waals surface area contributed by atoms with Crippen LogP contribution in [-0.4, -0.2) is 39.9 Å². The van der Waals surface area contributed by atoms with Crippen molar-refractivity contribution in [2.24, 2.45) is 18.9 Å².